The van der Waals surface area contributed by atoms with Gasteiger partial charge in [-0.3, -0.25) is 13.7 Å². The van der Waals surface area contributed by atoms with Gasteiger partial charge in [-0.15, -0.1) is 0 Å². The van der Waals surface area contributed by atoms with Crippen molar-refractivity contribution in [2.45, 2.75) is 45.4 Å². The first-order valence-corrected chi connectivity index (χ1v) is 22.9. The SMILES string of the molecule is CC(C)(C)c1ccnc(-n2c3ccccc3c3ccc(Oc4cccc(-n5[c-][n+]6c7c(cccc75)-c5ccccc5-c5cc7c(cc5-c5ccccc5-6)-c5ccccc5C7(C)C)c4)cc32)c1. The standard InChI is InChI=1S/C61H46N4O/c1-60(2,3)38-30-31-62-58(32-38)65-55-26-13-10-21-45(55)47-29-28-41(34-57(47)65)66-40-17-14-16-39(33-40)63-37-64-54-25-12-9-22-46(54)49-35-51-44-20-8-11-24-52(44)61(4,5)53(51)36-50(49)43-19-7-6-18-42(43)48-23-15-27-56(63)59(48)64/h6-36H,1-5H3. The van der Waals surface area contributed by atoms with Crippen molar-refractivity contribution in [3.8, 4) is 73.2 Å². The van der Waals surface area contributed by atoms with Gasteiger partial charge in [-0.05, 0) is 133 Å². The molecule has 0 radical (unpaired) electrons. The Morgan fingerprint density at radius 2 is 1.18 bits per heavy atom. The summed E-state index contributed by atoms with van der Waals surface area (Å²) in [6, 6.07) is 65.8. The van der Waals surface area contributed by atoms with E-state index in [-0.39, 0.29) is 10.8 Å². The van der Waals surface area contributed by atoms with Gasteiger partial charge in [0.2, 0.25) is 0 Å². The Morgan fingerprint density at radius 1 is 0.515 bits per heavy atom. The summed E-state index contributed by atoms with van der Waals surface area (Å²) in [4.78, 5) is 4.89. The summed E-state index contributed by atoms with van der Waals surface area (Å²) in [5, 5.41) is 2.33. The fourth-order valence-corrected chi connectivity index (χ4v) is 10.9. The van der Waals surface area contributed by atoms with Crippen molar-refractivity contribution in [3.05, 3.63) is 211 Å². The number of fused-ring (bicyclic) bond motifs is 13. The highest BCUT2D eigenvalue weighted by molar-refractivity contribution is 6.09. The van der Waals surface area contributed by atoms with Gasteiger partial charge >= 0.3 is 0 Å². The first-order valence-electron chi connectivity index (χ1n) is 22.9. The molecule has 1 aliphatic carbocycles. The highest BCUT2D eigenvalue weighted by atomic mass is 16.5. The molecule has 0 bridgehead atoms. The van der Waals surface area contributed by atoms with Crippen LogP contribution in [0.25, 0.3) is 94.5 Å². The van der Waals surface area contributed by atoms with Crippen LogP contribution in [0.3, 0.4) is 0 Å². The van der Waals surface area contributed by atoms with Crippen LogP contribution in [-0.4, -0.2) is 14.1 Å². The normalized spacial score (nSPS) is 13.3. The molecule has 0 saturated carbocycles. The van der Waals surface area contributed by atoms with Gasteiger partial charge < -0.3 is 4.74 Å². The molecule has 3 aromatic heterocycles. The minimum Gasteiger partial charge on any atom is -0.458 e. The number of ether oxygens (including phenoxy) is 1. The van der Waals surface area contributed by atoms with Gasteiger partial charge in [0.1, 0.15) is 17.3 Å². The highest BCUT2D eigenvalue weighted by Crippen LogP contribution is 2.53. The van der Waals surface area contributed by atoms with Gasteiger partial charge in [-0.1, -0.05) is 144 Å². The Morgan fingerprint density at radius 3 is 2.03 bits per heavy atom. The van der Waals surface area contributed by atoms with Crippen molar-refractivity contribution in [2.75, 3.05) is 0 Å². The number of hydrogen-bond donors (Lipinski definition) is 0. The minimum absolute atomic E-state index is 0.0148. The molecule has 0 saturated heterocycles. The molecule has 13 rings (SSSR count). The van der Waals surface area contributed by atoms with E-state index in [4.69, 9.17) is 9.72 Å². The topological polar surface area (TPSA) is 35.9 Å². The molecular weight excluding hydrogens is 805 g/mol. The molecule has 1 aliphatic heterocycles. The second-order valence-electron chi connectivity index (χ2n) is 19.4. The maximum atomic E-state index is 6.80. The van der Waals surface area contributed by atoms with Crippen LogP contribution in [0.15, 0.2) is 188 Å². The van der Waals surface area contributed by atoms with Crippen LogP contribution in [0.1, 0.15) is 51.3 Å². The predicted octanol–water partition coefficient (Wildman–Crippen LogP) is 14.9. The molecule has 0 fully saturated rings. The summed E-state index contributed by atoms with van der Waals surface area (Å²) in [5.41, 5.74) is 20.0. The molecule has 5 heteroatoms. The minimum atomic E-state index is -0.125. The summed E-state index contributed by atoms with van der Waals surface area (Å²) in [6.07, 6.45) is 5.80. The Balaban J connectivity index is 0.962. The monoisotopic (exact) mass is 850 g/mol. The zero-order chi connectivity index (χ0) is 44.5. The lowest BCUT2D eigenvalue weighted by Crippen LogP contribution is -2.30. The maximum absolute atomic E-state index is 6.80. The fourth-order valence-electron chi connectivity index (χ4n) is 10.9. The van der Waals surface area contributed by atoms with Crippen molar-refractivity contribution >= 4 is 32.8 Å². The van der Waals surface area contributed by atoms with Gasteiger partial charge in [0, 0.05) is 28.5 Å². The van der Waals surface area contributed by atoms with E-state index in [1.165, 1.54) is 55.5 Å². The van der Waals surface area contributed by atoms with E-state index in [0.717, 1.165) is 67.3 Å². The number of imidazole rings is 1. The lowest BCUT2D eigenvalue weighted by Gasteiger charge is -2.24. The van der Waals surface area contributed by atoms with Crippen LogP contribution in [-0.2, 0) is 10.8 Å². The van der Waals surface area contributed by atoms with Gasteiger partial charge in [0.15, 0.2) is 0 Å². The molecule has 0 atom stereocenters. The fraction of sp³-hybridized carbons (Fsp3) is 0.115. The van der Waals surface area contributed by atoms with Crippen molar-refractivity contribution in [1.82, 2.24) is 14.1 Å². The van der Waals surface area contributed by atoms with Crippen LogP contribution < -0.4 is 9.30 Å². The predicted molar refractivity (Wildman–Crippen MR) is 268 cm³/mol. The molecule has 0 N–H and O–H groups in total. The number of pyridine rings is 1. The third-order valence-electron chi connectivity index (χ3n) is 14.1. The number of para-hydroxylation sites is 3. The van der Waals surface area contributed by atoms with E-state index in [1.807, 2.05) is 12.3 Å². The summed E-state index contributed by atoms with van der Waals surface area (Å²) in [6.45, 7) is 11.4. The zero-order valence-corrected chi connectivity index (χ0v) is 37.6. The second-order valence-corrected chi connectivity index (χ2v) is 19.4. The number of nitrogens with zero attached hydrogens (tertiary/aromatic N) is 4. The van der Waals surface area contributed by atoms with Gasteiger partial charge in [0.05, 0.1) is 33.4 Å². The first-order chi connectivity index (χ1) is 32.1. The molecule has 0 spiro atoms. The van der Waals surface area contributed by atoms with Gasteiger partial charge in [-0.2, -0.15) is 0 Å². The molecular formula is C61H46N4O. The molecule has 4 heterocycles. The first kappa shape index (κ1) is 38.4. The van der Waals surface area contributed by atoms with Crippen LogP contribution in [0.4, 0.5) is 0 Å². The largest absolute Gasteiger partial charge is 0.458 e. The second kappa shape index (κ2) is 14.0. The Kier molecular flexibility index (Phi) is 8.15. The summed E-state index contributed by atoms with van der Waals surface area (Å²) in [5.74, 6) is 2.37. The van der Waals surface area contributed by atoms with E-state index < -0.39 is 0 Å². The Bertz CT molecular complexity index is 3820. The smallest absolute Gasteiger partial charge is 0.269 e. The summed E-state index contributed by atoms with van der Waals surface area (Å²) in [7, 11) is 0. The molecule has 2 aliphatic rings. The Hall–Kier alpha value is -8.02. The molecule has 11 aromatic rings. The maximum Gasteiger partial charge on any atom is 0.269 e. The van der Waals surface area contributed by atoms with Crippen LogP contribution in [0, 0.1) is 6.33 Å². The summed E-state index contributed by atoms with van der Waals surface area (Å²) < 4.78 is 13.5. The van der Waals surface area contributed by atoms with E-state index in [0.29, 0.717) is 0 Å². The Labute approximate surface area is 384 Å². The molecule has 8 aromatic carbocycles. The molecule has 0 unspecified atom stereocenters. The molecule has 316 valence electrons. The number of aromatic nitrogens is 4. The molecule has 66 heavy (non-hydrogen) atoms. The highest BCUT2D eigenvalue weighted by Gasteiger charge is 2.37. The number of hydrogen-bond acceptors (Lipinski definition) is 2. The van der Waals surface area contributed by atoms with Crippen molar-refractivity contribution in [3.63, 3.8) is 0 Å². The molecule has 5 nitrogen and oxygen atoms in total. The molecule has 0 amide bonds. The lowest BCUT2D eigenvalue weighted by atomic mass is 9.79. The van der Waals surface area contributed by atoms with E-state index >= 15 is 0 Å². The number of benzene rings is 8. The zero-order valence-electron chi connectivity index (χ0n) is 37.6. The van der Waals surface area contributed by atoms with Crippen molar-refractivity contribution in [1.29, 1.82) is 0 Å². The van der Waals surface area contributed by atoms with Gasteiger partial charge in [-0.25, -0.2) is 4.98 Å². The average molecular weight is 851 g/mol. The third-order valence-corrected chi connectivity index (χ3v) is 14.1. The number of rotatable bonds is 4. The van der Waals surface area contributed by atoms with E-state index in [1.54, 1.807) is 0 Å². The van der Waals surface area contributed by atoms with E-state index in [9.17, 15) is 0 Å². The van der Waals surface area contributed by atoms with Crippen LogP contribution in [0.2, 0.25) is 0 Å². The van der Waals surface area contributed by atoms with Crippen LogP contribution in [0.5, 0.6) is 11.5 Å². The quantitative estimate of drug-likeness (QED) is 0.131. The van der Waals surface area contributed by atoms with Gasteiger partial charge in [0.25, 0.3) is 6.33 Å². The summed E-state index contributed by atoms with van der Waals surface area (Å²) >= 11 is 0. The third kappa shape index (κ3) is 5.66. The van der Waals surface area contributed by atoms with Crippen molar-refractivity contribution in [2.24, 2.45) is 0 Å². The van der Waals surface area contributed by atoms with E-state index in [2.05, 4.69) is 231 Å². The lowest BCUT2D eigenvalue weighted by molar-refractivity contribution is -0.571. The average Bonchev–Trinajstić information content (AvgIpc) is 3.97. The van der Waals surface area contributed by atoms with Crippen LogP contribution >= 0.6 is 0 Å². The van der Waals surface area contributed by atoms with Crippen molar-refractivity contribution < 1.29 is 9.30 Å².